The van der Waals surface area contributed by atoms with Gasteiger partial charge in [0.2, 0.25) is 0 Å². The largest absolute Gasteiger partial charge is 0.0622 e. The van der Waals surface area contributed by atoms with E-state index in [1.807, 2.05) is 0 Å². The molecule has 2 atom stereocenters. The molecule has 0 aliphatic carbocycles. The highest BCUT2D eigenvalue weighted by molar-refractivity contribution is 7.55. The van der Waals surface area contributed by atoms with Gasteiger partial charge in [0.25, 0.3) is 0 Å². The quantitative estimate of drug-likeness (QED) is 0.450. The van der Waals surface area contributed by atoms with Crippen LogP contribution in [0.3, 0.4) is 0 Å². The van der Waals surface area contributed by atoms with E-state index in [-0.39, 0.29) is 0 Å². The summed E-state index contributed by atoms with van der Waals surface area (Å²) in [4.78, 5) is 0. The summed E-state index contributed by atoms with van der Waals surface area (Å²) in [6.45, 7) is 0. The van der Waals surface area contributed by atoms with Crippen molar-refractivity contribution in [2.75, 3.05) is 0 Å². The number of benzene rings is 4. The molecule has 0 aromatic heterocycles. The second kappa shape index (κ2) is 8.41. The van der Waals surface area contributed by atoms with Gasteiger partial charge in [-0.05, 0) is 32.3 Å². The molecule has 2 heteroatoms. The molecule has 0 saturated carbocycles. The van der Waals surface area contributed by atoms with Crippen LogP contribution < -0.4 is 21.2 Å². The maximum Gasteiger partial charge on any atom is -0.0184 e. The first-order chi connectivity index (χ1) is 12.9. The minimum atomic E-state index is 0.714. The smallest absolute Gasteiger partial charge is 0.0184 e. The van der Waals surface area contributed by atoms with E-state index in [9.17, 15) is 0 Å². The molecule has 26 heavy (non-hydrogen) atoms. The molecule has 0 heterocycles. The summed E-state index contributed by atoms with van der Waals surface area (Å²) in [6.07, 6.45) is 0. The van der Waals surface area contributed by atoms with Crippen molar-refractivity contribution in [2.24, 2.45) is 0 Å². The van der Waals surface area contributed by atoms with Gasteiger partial charge in [-0.1, -0.05) is 126 Å². The molecule has 4 rings (SSSR count). The van der Waals surface area contributed by atoms with Gasteiger partial charge in [-0.15, -0.1) is 0 Å². The van der Waals surface area contributed by atoms with Gasteiger partial charge in [-0.3, -0.25) is 0 Å². The summed E-state index contributed by atoms with van der Waals surface area (Å²) < 4.78 is 0. The van der Waals surface area contributed by atoms with Gasteiger partial charge in [-0.25, -0.2) is 0 Å². The van der Waals surface area contributed by atoms with Crippen molar-refractivity contribution in [1.29, 1.82) is 0 Å². The fourth-order valence-electron chi connectivity index (χ4n) is 2.87. The summed E-state index contributed by atoms with van der Waals surface area (Å²) >= 11 is 0. The van der Waals surface area contributed by atoms with Gasteiger partial charge in [0.15, 0.2) is 0 Å². The van der Waals surface area contributed by atoms with Crippen LogP contribution in [0.5, 0.6) is 0 Å². The topological polar surface area (TPSA) is 0 Å². The molecule has 0 aliphatic heterocycles. The highest BCUT2D eigenvalue weighted by Gasteiger charge is 2.01. The highest BCUT2D eigenvalue weighted by Crippen LogP contribution is 2.21. The fourth-order valence-corrected chi connectivity index (χ4v) is 4.92. The molecule has 0 N–H and O–H groups in total. The Morgan fingerprint density at radius 2 is 0.615 bits per heavy atom. The van der Waals surface area contributed by atoms with Gasteiger partial charge in [0.1, 0.15) is 0 Å². The van der Waals surface area contributed by atoms with Gasteiger partial charge in [-0.2, -0.15) is 0 Å². The van der Waals surface area contributed by atoms with Crippen molar-refractivity contribution in [1.82, 2.24) is 0 Å². The second-order valence-corrected chi connectivity index (χ2v) is 8.95. The first kappa shape index (κ1) is 17.2. The number of rotatable bonds is 5. The SMILES string of the molecule is c1ccc(Pc2ccc(-c3ccc(Pc4ccccc4)cc3)cc2)cc1. The molecule has 4 aromatic rings. The summed E-state index contributed by atoms with van der Waals surface area (Å²) in [7, 11) is 1.43. The van der Waals surface area contributed by atoms with Gasteiger partial charge < -0.3 is 0 Å². The van der Waals surface area contributed by atoms with Crippen molar-refractivity contribution < 1.29 is 0 Å². The molecule has 0 radical (unpaired) electrons. The Morgan fingerprint density at radius 3 is 0.962 bits per heavy atom. The Balaban J connectivity index is 1.45. The van der Waals surface area contributed by atoms with Crippen LogP contribution in [-0.4, -0.2) is 0 Å². The van der Waals surface area contributed by atoms with Crippen LogP contribution >= 0.6 is 17.2 Å². The Morgan fingerprint density at radius 1 is 0.308 bits per heavy atom. The standard InChI is InChI=1S/C24H20P2/c1-3-7-21(8-4-1)25-23-15-11-19(12-16-23)20-13-17-24(18-14-20)26-22-9-5-2-6-10-22/h1-18,25-26H. The number of hydrogen-bond acceptors (Lipinski definition) is 0. The molecule has 126 valence electrons. The third-order valence-corrected chi connectivity index (χ3v) is 6.72. The molecule has 0 bridgehead atoms. The molecule has 2 unspecified atom stereocenters. The fraction of sp³-hybridized carbons (Fsp3) is 0. The highest BCUT2D eigenvalue weighted by atomic mass is 31.1. The Labute approximate surface area is 158 Å². The molecular formula is C24H20P2. The third-order valence-electron chi connectivity index (χ3n) is 4.23. The van der Waals surface area contributed by atoms with Crippen LogP contribution in [0.15, 0.2) is 109 Å². The van der Waals surface area contributed by atoms with Gasteiger partial charge in [0.05, 0.1) is 0 Å². The van der Waals surface area contributed by atoms with E-state index in [4.69, 9.17) is 0 Å². The van der Waals surface area contributed by atoms with Gasteiger partial charge >= 0.3 is 0 Å². The molecular weight excluding hydrogens is 350 g/mol. The zero-order chi connectivity index (χ0) is 17.6. The molecule has 0 fully saturated rings. The maximum atomic E-state index is 2.25. The van der Waals surface area contributed by atoms with Crippen molar-refractivity contribution in [3.8, 4) is 11.1 Å². The third kappa shape index (κ3) is 4.47. The predicted octanol–water partition coefficient (Wildman–Crippen LogP) is 4.61. The van der Waals surface area contributed by atoms with Crippen LogP contribution in [-0.2, 0) is 0 Å². The van der Waals surface area contributed by atoms with Gasteiger partial charge in [0, 0.05) is 0 Å². The summed E-state index contributed by atoms with van der Waals surface area (Å²) in [6, 6.07) is 39.3. The van der Waals surface area contributed by atoms with E-state index < -0.39 is 0 Å². The first-order valence-electron chi connectivity index (χ1n) is 8.71. The van der Waals surface area contributed by atoms with Crippen LogP contribution in [0.1, 0.15) is 0 Å². The normalized spacial score (nSPS) is 11.5. The lowest BCUT2D eigenvalue weighted by Crippen LogP contribution is -2.03. The lowest BCUT2D eigenvalue weighted by molar-refractivity contribution is 1.66. The lowest BCUT2D eigenvalue weighted by Gasteiger charge is -2.07. The van der Waals surface area contributed by atoms with Crippen LogP contribution in [0.25, 0.3) is 11.1 Å². The van der Waals surface area contributed by atoms with Crippen molar-refractivity contribution in [3.63, 3.8) is 0 Å². The van der Waals surface area contributed by atoms with E-state index in [2.05, 4.69) is 109 Å². The average molecular weight is 370 g/mol. The Kier molecular flexibility index (Phi) is 5.56. The van der Waals surface area contributed by atoms with Crippen molar-refractivity contribution in [3.05, 3.63) is 109 Å². The average Bonchev–Trinajstić information content (AvgIpc) is 2.71. The summed E-state index contributed by atoms with van der Waals surface area (Å²) in [5.41, 5.74) is 2.56. The minimum Gasteiger partial charge on any atom is -0.0622 e. The number of hydrogen-bond donors (Lipinski definition) is 0. The molecule has 0 aliphatic rings. The monoisotopic (exact) mass is 370 g/mol. The van der Waals surface area contributed by atoms with E-state index in [0.717, 1.165) is 0 Å². The summed E-state index contributed by atoms with van der Waals surface area (Å²) in [5, 5.41) is 5.52. The van der Waals surface area contributed by atoms with Crippen molar-refractivity contribution in [2.45, 2.75) is 0 Å². The van der Waals surface area contributed by atoms with Crippen LogP contribution in [0.4, 0.5) is 0 Å². The zero-order valence-corrected chi connectivity index (χ0v) is 16.4. The Bertz CT molecular complexity index is 861. The van der Waals surface area contributed by atoms with Crippen LogP contribution in [0.2, 0.25) is 0 Å². The molecule has 0 amide bonds. The molecule has 0 spiro atoms. The Hall–Kier alpha value is -2.26. The van der Waals surface area contributed by atoms with E-state index >= 15 is 0 Å². The van der Waals surface area contributed by atoms with Crippen LogP contribution in [0, 0.1) is 0 Å². The molecule has 4 aromatic carbocycles. The van der Waals surface area contributed by atoms with E-state index in [0.29, 0.717) is 17.2 Å². The first-order valence-corrected chi connectivity index (χ1v) is 10.7. The minimum absolute atomic E-state index is 0.714. The van der Waals surface area contributed by atoms with E-state index in [1.54, 1.807) is 0 Å². The van der Waals surface area contributed by atoms with E-state index in [1.165, 1.54) is 32.3 Å². The summed E-state index contributed by atoms with van der Waals surface area (Å²) in [5.74, 6) is 0. The zero-order valence-electron chi connectivity index (χ0n) is 14.4. The maximum absolute atomic E-state index is 2.25. The molecule has 0 saturated heterocycles. The van der Waals surface area contributed by atoms with Crippen molar-refractivity contribution >= 4 is 38.4 Å². The predicted molar refractivity (Wildman–Crippen MR) is 120 cm³/mol. The second-order valence-electron chi connectivity index (χ2n) is 6.14. The molecule has 0 nitrogen and oxygen atoms in total. The lowest BCUT2D eigenvalue weighted by atomic mass is 10.1.